The van der Waals surface area contributed by atoms with Gasteiger partial charge < -0.3 is 0 Å². The Morgan fingerprint density at radius 1 is 2.00 bits per heavy atom. The van der Waals surface area contributed by atoms with E-state index >= 15 is 0 Å². The van der Waals surface area contributed by atoms with E-state index < -0.39 is 0 Å². The number of hydroxylamine groups is 1. The van der Waals surface area contributed by atoms with Gasteiger partial charge in [-0.05, 0) is 0 Å². The van der Waals surface area contributed by atoms with Gasteiger partial charge in [-0.2, -0.15) is 0 Å². The lowest BCUT2D eigenvalue weighted by molar-refractivity contribution is -0.124. The molecule has 0 fully saturated rings. The van der Waals surface area contributed by atoms with Crippen molar-refractivity contribution in [3.05, 3.63) is 0 Å². The molecule has 0 radical (unpaired) electrons. The van der Waals surface area contributed by atoms with Crippen LogP contribution in [0.1, 0.15) is 6.92 Å². The number of rotatable bonds is 1. The van der Waals surface area contributed by atoms with Crippen LogP contribution in [-0.2, 0) is 9.42 Å². The molecule has 6 heavy (non-hydrogen) atoms. The molecule has 0 aliphatic carbocycles. The van der Waals surface area contributed by atoms with Crippen LogP contribution in [0.25, 0.3) is 0 Å². The molecule has 0 aromatic carbocycles. The summed E-state index contributed by atoms with van der Waals surface area (Å²) in [7, 11) is 1.89. The molecule has 1 unspecified atom stereocenters. The first-order chi connectivity index (χ1) is 2.77. The largest absolute Gasteiger partial charge is 0.273 e. The van der Waals surface area contributed by atoms with Crippen LogP contribution in [0.2, 0.25) is 0 Å². The van der Waals surface area contributed by atoms with E-state index in [9.17, 15) is 4.79 Å². The summed E-state index contributed by atoms with van der Waals surface area (Å²) in [5, 5.41) is 0. The molecule has 36 valence electrons. The predicted molar refractivity (Wildman–Crippen MR) is 24.6 cm³/mol. The van der Waals surface area contributed by atoms with Crippen LogP contribution in [0.3, 0.4) is 0 Å². The number of nitrogens with one attached hydrogen (secondary N) is 1. The van der Waals surface area contributed by atoms with Crippen LogP contribution in [-0.4, -0.2) is 5.91 Å². The second-order valence-electron chi connectivity index (χ2n) is 0.776. The average molecular weight is 107 g/mol. The van der Waals surface area contributed by atoms with Crippen molar-refractivity contribution >= 4 is 15.4 Å². The van der Waals surface area contributed by atoms with E-state index in [-0.39, 0.29) is 5.91 Å². The molecule has 0 aliphatic rings. The predicted octanol–water partition coefficient (Wildman–Crippen LogP) is -0.156. The molecule has 3 nitrogen and oxygen atoms in total. The minimum absolute atomic E-state index is 0.204. The first kappa shape index (κ1) is 5.86. The van der Waals surface area contributed by atoms with E-state index in [1.54, 1.807) is 0 Å². The number of hydrogen-bond donors (Lipinski definition) is 1. The molecule has 0 aromatic heterocycles. The topological polar surface area (TPSA) is 38.3 Å². The highest BCUT2D eigenvalue weighted by Crippen LogP contribution is 1.73. The van der Waals surface area contributed by atoms with Crippen molar-refractivity contribution in [2.45, 2.75) is 6.92 Å². The molecular formula is C2H6NO2P. The summed E-state index contributed by atoms with van der Waals surface area (Å²) >= 11 is 0. The number of carbonyl (C=O) groups is 1. The Morgan fingerprint density at radius 3 is 2.50 bits per heavy atom. The molecule has 0 rings (SSSR count). The van der Waals surface area contributed by atoms with Gasteiger partial charge in [-0.15, -0.1) is 0 Å². The van der Waals surface area contributed by atoms with Gasteiger partial charge >= 0.3 is 0 Å². The second-order valence-corrected chi connectivity index (χ2v) is 1.01. The monoisotopic (exact) mass is 107 g/mol. The molecule has 4 heteroatoms. The van der Waals surface area contributed by atoms with Crippen LogP contribution < -0.4 is 5.48 Å². The van der Waals surface area contributed by atoms with E-state index in [4.69, 9.17) is 0 Å². The first-order valence-electron chi connectivity index (χ1n) is 1.39. The van der Waals surface area contributed by atoms with Gasteiger partial charge in [0.05, 0.1) is 0 Å². The normalized spacial score (nSPS) is 7.67. The van der Waals surface area contributed by atoms with E-state index in [2.05, 4.69) is 4.62 Å². The lowest BCUT2D eigenvalue weighted by Gasteiger charge is -1.89. The summed E-state index contributed by atoms with van der Waals surface area (Å²) in [5.74, 6) is -0.204. The Bertz CT molecular complexity index is 55.5. The van der Waals surface area contributed by atoms with Gasteiger partial charge in [-0.25, -0.2) is 5.48 Å². The third-order valence-electron chi connectivity index (χ3n) is 0.203. The summed E-state index contributed by atoms with van der Waals surface area (Å²) < 4.78 is 4.12. The molecule has 1 N–H and O–H groups in total. The summed E-state index contributed by atoms with van der Waals surface area (Å²) in [6.07, 6.45) is 0. The van der Waals surface area contributed by atoms with Gasteiger partial charge in [0.15, 0.2) is 0 Å². The van der Waals surface area contributed by atoms with E-state index in [0.29, 0.717) is 0 Å². The van der Waals surface area contributed by atoms with Gasteiger partial charge in [0.1, 0.15) is 0 Å². The highest BCUT2D eigenvalue weighted by atomic mass is 31.0. The molecule has 1 atom stereocenters. The molecule has 0 saturated carbocycles. The lowest BCUT2D eigenvalue weighted by atomic mass is 10.8. The van der Waals surface area contributed by atoms with Crippen LogP contribution >= 0.6 is 9.47 Å². The van der Waals surface area contributed by atoms with Crippen molar-refractivity contribution in [2.24, 2.45) is 0 Å². The molecular weight excluding hydrogens is 101 g/mol. The quantitative estimate of drug-likeness (QED) is 0.373. The standard InChI is InChI=1S/C2H6NO2P/c1-2(4)3-5-6/h6H2,1H3,(H,3,4). The van der Waals surface area contributed by atoms with Crippen LogP contribution in [0.4, 0.5) is 0 Å². The highest BCUT2D eigenvalue weighted by molar-refractivity contribution is 7.09. The molecule has 0 heterocycles. The lowest BCUT2D eigenvalue weighted by Crippen LogP contribution is -2.14. The van der Waals surface area contributed by atoms with Gasteiger partial charge in [0.2, 0.25) is 5.91 Å². The van der Waals surface area contributed by atoms with Crippen molar-refractivity contribution in [1.82, 2.24) is 5.48 Å². The average Bonchev–Trinajstić information content (AvgIpc) is 1.35. The first-order valence-corrected chi connectivity index (χ1v) is 1.87. The Hall–Kier alpha value is -0.140. The Balaban J connectivity index is 2.83. The fraction of sp³-hybridized carbons (Fsp3) is 0.500. The molecule has 0 saturated heterocycles. The van der Waals surface area contributed by atoms with Gasteiger partial charge in [-0.1, -0.05) is 0 Å². The Kier molecular flexibility index (Phi) is 2.99. The third kappa shape index (κ3) is 3.86. The van der Waals surface area contributed by atoms with Crippen molar-refractivity contribution in [3.63, 3.8) is 0 Å². The van der Waals surface area contributed by atoms with Crippen molar-refractivity contribution in [3.8, 4) is 0 Å². The minimum atomic E-state index is -0.204. The Labute approximate surface area is 38.3 Å². The smallest absolute Gasteiger partial charge is 0.240 e. The SMILES string of the molecule is CC(=O)NOP. The van der Waals surface area contributed by atoms with Crippen molar-refractivity contribution in [1.29, 1.82) is 0 Å². The van der Waals surface area contributed by atoms with Crippen molar-refractivity contribution in [2.75, 3.05) is 0 Å². The van der Waals surface area contributed by atoms with Gasteiger partial charge in [0, 0.05) is 16.4 Å². The van der Waals surface area contributed by atoms with E-state index in [0.717, 1.165) is 0 Å². The molecule has 0 spiro atoms. The fourth-order valence-electron chi connectivity index (χ4n) is 0.0830. The highest BCUT2D eigenvalue weighted by Gasteiger charge is 1.79. The molecule has 0 aliphatic heterocycles. The fourth-order valence-corrected chi connectivity index (χ4v) is 0.249. The molecule has 0 aromatic rings. The summed E-state index contributed by atoms with van der Waals surface area (Å²) in [5.41, 5.74) is 2.03. The number of hydrogen-bond acceptors (Lipinski definition) is 2. The number of carbonyl (C=O) groups excluding carboxylic acids is 1. The van der Waals surface area contributed by atoms with Crippen molar-refractivity contribution < 1.29 is 9.42 Å². The zero-order chi connectivity index (χ0) is 4.99. The van der Waals surface area contributed by atoms with E-state index in [1.807, 2.05) is 14.9 Å². The maximum Gasteiger partial charge on any atom is 0.240 e. The van der Waals surface area contributed by atoms with Crippen LogP contribution in [0.5, 0.6) is 0 Å². The van der Waals surface area contributed by atoms with Gasteiger partial charge in [0.25, 0.3) is 0 Å². The minimum Gasteiger partial charge on any atom is -0.273 e. The maximum absolute atomic E-state index is 9.79. The Morgan fingerprint density at radius 2 is 2.50 bits per heavy atom. The zero-order valence-corrected chi connectivity index (χ0v) is 4.55. The number of amides is 1. The summed E-state index contributed by atoms with van der Waals surface area (Å²) in [4.78, 5) is 9.79. The summed E-state index contributed by atoms with van der Waals surface area (Å²) in [6.45, 7) is 1.37. The molecule has 1 amide bonds. The van der Waals surface area contributed by atoms with Crippen LogP contribution in [0, 0.1) is 0 Å². The zero-order valence-electron chi connectivity index (χ0n) is 3.39. The van der Waals surface area contributed by atoms with Crippen LogP contribution in [0.15, 0.2) is 0 Å². The molecule has 0 bridgehead atoms. The summed E-state index contributed by atoms with van der Waals surface area (Å²) in [6, 6.07) is 0. The third-order valence-corrected chi connectivity index (χ3v) is 0.321. The maximum atomic E-state index is 9.79. The van der Waals surface area contributed by atoms with E-state index in [1.165, 1.54) is 6.92 Å². The second kappa shape index (κ2) is 3.07. The van der Waals surface area contributed by atoms with Gasteiger partial charge in [-0.3, -0.25) is 9.42 Å².